The largest absolute Gasteiger partial charge is 0.460 e. The lowest BCUT2D eigenvalue weighted by Gasteiger charge is -2.39. The summed E-state index contributed by atoms with van der Waals surface area (Å²) >= 11 is 0. The van der Waals surface area contributed by atoms with Crippen molar-refractivity contribution in [1.29, 1.82) is 0 Å². The number of hydrogen-bond donors (Lipinski definition) is 7. The molecular formula is C47H60N2O15. The van der Waals surface area contributed by atoms with Gasteiger partial charge in [-0.05, 0) is 94.3 Å². The minimum Gasteiger partial charge on any atom is -0.460 e. The summed E-state index contributed by atoms with van der Waals surface area (Å²) in [5.74, 6) is -2.24. The fraction of sp³-hybridized carbons (Fsp3) is 0.574. The topological polar surface area (TPSA) is 249 Å². The highest BCUT2D eigenvalue weighted by Gasteiger charge is 2.64. The molecule has 2 aliphatic heterocycles. The molecule has 0 bridgehead atoms. The predicted octanol–water partition coefficient (Wildman–Crippen LogP) is 2.20. The predicted molar refractivity (Wildman–Crippen MR) is 227 cm³/mol. The molecule has 2 amide bonds. The normalized spacial score (nSPS) is 28.2. The summed E-state index contributed by atoms with van der Waals surface area (Å²) in [6, 6.07) is 12.7. The summed E-state index contributed by atoms with van der Waals surface area (Å²) in [6.07, 6.45) is 0.110. The van der Waals surface area contributed by atoms with Crippen molar-refractivity contribution in [2.45, 2.75) is 139 Å². The molecule has 3 aliphatic carbocycles. The lowest BCUT2D eigenvalue weighted by molar-refractivity contribution is -0.298. The summed E-state index contributed by atoms with van der Waals surface area (Å²) < 4.78 is 35.9. The molecule has 9 atom stereocenters. The van der Waals surface area contributed by atoms with Crippen molar-refractivity contribution in [2.75, 3.05) is 19.8 Å². The molecule has 7 rings (SSSR count). The van der Waals surface area contributed by atoms with E-state index in [0.29, 0.717) is 22.3 Å². The average molecular weight is 893 g/mol. The van der Waals surface area contributed by atoms with E-state index in [1.807, 2.05) is 0 Å². The van der Waals surface area contributed by atoms with Gasteiger partial charge in [0.15, 0.2) is 12.1 Å². The zero-order valence-corrected chi connectivity index (χ0v) is 36.3. The van der Waals surface area contributed by atoms with Gasteiger partial charge in [-0.3, -0.25) is 14.4 Å². The summed E-state index contributed by atoms with van der Waals surface area (Å²) in [4.78, 5) is 53.0. The zero-order valence-electron chi connectivity index (χ0n) is 36.3. The number of nitrogens with one attached hydrogen (secondary N) is 2. The van der Waals surface area contributed by atoms with E-state index in [9.17, 15) is 44.7 Å². The Balaban J connectivity index is 0.976. The van der Waals surface area contributed by atoms with Gasteiger partial charge >= 0.3 is 11.9 Å². The molecule has 2 saturated carbocycles. The number of benzene rings is 2. The first-order valence-corrected chi connectivity index (χ1v) is 22.0. The van der Waals surface area contributed by atoms with E-state index in [1.165, 1.54) is 0 Å². The minimum atomic E-state index is -1.56. The van der Waals surface area contributed by atoms with Crippen LogP contribution in [0.3, 0.4) is 0 Å². The van der Waals surface area contributed by atoms with Crippen LogP contribution in [-0.2, 0) is 44.6 Å². The fourth-order valence-corrected chi connectivity index (χ4v) is 8.36. The standard InChI is InChI=1S/C47H60N2O15/c1-46(2,3)63-37(52)17-16-33(24-50)49-43(57)28-10-5-8-27(20-28)23-48-42(56)30-21-34(41-35(22-30)62-47(64-41,31-12-13-31)32-14-15-32)60-44(58)29-11-4-7-26(19-29)9-6-18-59-45-40(55)39(54)38(53)36(25-51)61-45/h4-11,19-20,22,31-36,38-41,45,50-51,53-55H,12-18,21,23-25H2,1-3H3,(H,48,56)(H,49,57)/t33-,34+,35+,36+,38-,39-,40+,41-,45-/m0/s1. The Morgan fingerprint density at radius 1 is 0.906 bits per heavy atom. The third kappa shape index (κ3) is 11.6. The number of amides is 2. The van der Waals surface area contributed by atoms with E-state index in [2.05, 4.69) is 10.6 Å². The summed E-state index contributed by atoms with van der Waals surface area (Å²) in [5.41, 5.74) is 1.55. The molecule has 2 heterocycles. The van der Waals surface area contributed by atoms with E-state index < -0.39 is 96.8 Å². The quantitative estimate of drug-likeness (QED) is 0.106. The highest BCUT2D eigenvalue weighted by atomic mass is 16.8. The van der Waals surface area contributed by atoms with E-state index in [-0.39, 0.29) is 56.4 Å². The number of aliphatic hydroxyl groups is 5. The van der Waals surface area contributed by atoms with E-state index in [1.54, 1.807) is 87.5 Å². The number of ether oxygens (including phenoxy) is 6. The number of carbonyl (C=O) groups is 4. The molecule has 0 spiro atoms. The molecule has 0 radical (unpaired) electrons. The third-order valence-corrected chi connectivity index (χ3v) is 11.9. The molecule has 2 saturated heterocycles. The molecule has 2 aromatic carbocycles. The second kappa shape index (κ2) is 20.3. The molecule has 7 N–H and O–H groups in total. The van der Waals surface area contributed by atoms with Crippen molar-refractivity contribution in [3.63, 3.8) is 0 Å². The van der Waals surface area contributed by atoms with Crippen LogP contribution in [0.4, 0.5) is 0 Å². The van der Waals surface area contributed by atoms with Crippen molar-refractivity contribution >= 4 is 29.8 Å². The van der Waals surface area contributed by atoms with Crippen LogP contribution in [0.2, 0.25) is 0 Å². The molecule has 5 aliphatic rings. The lowest BCUT2D eigenvalue weighted by Crippen LogP contribution is -2.59. The summed E-state index contributed by atoms with van der Waals surface area (Å²) in [6.45, 7) is 4.36. The first-order chi connectivity index (χ1) is 30.6. The van der Waals surface area contributed by atoms with Crippen LogP contribution in [-0.4, -0.2) is 136 Å². The number of rotatable bonds is 18. The second-order valence-corrected chi connectivity index (χ2v) is 18.2. The second-order valence-electron chi connectivity index (χ2n) is 18.2. The molecule has 0 unspecified atom stereocenters. The number of hydrogen-bond acceptors (Lipinski definition) is 15. The Labute approximate surface area is 371 Å². The first kappa shape index (κ1) is 47.4. The molecule has 348 valence electrons. The van der Waals surface area contributed by atoms with E-state index >= 15 is 0 Å². The van der Waals surface area contributed by atoms with Crippen LogP contribution in [0.5, 0.6) is 0 Å². The third-order valence-electron chi connectivity index (χ3n) is 11.9. The van der Waals surface area contributed by atoms with Crippen LogP contribution in [0.1, 0.15) is 97.6 Å². The highest BCUT2D eigenvalue weighted by molar-refractivity contribution is 5.95. The number of carbonyl (C=O) groups excluding carboxylic acids is 4. The molecule has 17 heteroatoms. The number of aliphatic hydroxyl groups excluding tert-OH is 5. The first-order valence-electron chi connectivity index (χ1n) is 22.0. The van der Waals surface area contributed by atoms with Crippen molar-refractivity contribution in [3.8, 4) is 0 Å². The van der Waals surface area contributed by atoms with Gasteiger partial charge in [0.05, 0.1) is 31.4 Å². The average Bonchev–Trinajstić information content (AvgIpc) is 4.23. The molecule has 0 aromatic heterocycles. The number of fused-ring (bicyclic) bond motifs is 1. The lowest BCUT2D eigenvalue weighted by atomic mass is 9.91. The van der Waals surface area contributed by atoms with Crippen LogP contribution in [0.25, 0.3) is 6.08 Å². The number of esters is 2. The Kier molecular flexibility index (Phi) is 15.0. The van der Waals surface area contributed by atoms with Gasteiger partial charge in [0.1, 0.15) is 48.3 Å². The highest BCUT2D eigenvalue weighted by Crippen LogP contribution is 2.59. The van der Waals surface area contributed by atoms with Crippen LogP contribution < -0.4 is 10.6 Å². The van der Waals surface area contributed by atoms with Gasteiger partial charge in [-0.15, -0.1) is 0 Å². The van der Waals surface area contributed by atoms with Gasteiger partial charge in [-0.2, -0.15) is 0 Å². The van der Waals surface area contributed by atoms with Gasteiger partial charge in [0.25, 0.3) is 5.91 Å². The maximum absolute atomic E-state index is 13.8. The van der Waals surface area contributed by atoms with Gasteiger partial charge in [0.2, 0.25) is 5.91 Å². The fourth-order valence-electron chi connectivity index (χ4n) is 8.36. The zero-order chi connectivity index (χ0) is 45.8. The van der Waals surface area contributed by atoms with Crippen molar-refractivity contribution in [2.24, 2.45) is 11.8 Å². The van der Waals surface area contributed by atoms with Gasteiger partial charge in [-0.25, -0.2) is 4.79 Å². The molecule has 64 heavy (non-hydrogen) atoms. The van der Waals surface area contributed by atoms with Crippen LogP contribution >= 0.6 is 0 Å². The van der Waals surface area contributed by atoms with Gasteiger partial charge < -0.3 is 64.6 Å². The van der Waals surface area contributed by atoms with Gasteiger partial charge in [0, 0.05) is 42.4 Å². The summed E-state index contributed by atoms with van der Waals surface area (Å²) in [7, 11) is 0. The maximum Gasteiger partial charge on any atom is 0.338 e. The van der Waals surface area contributed by atoms with Crippen molar-refractivity contribution in [3.05, 3.63) is 88.5 Å². The Morgan fingerprint density at radius 2 is 1.62 bits per heavy atom. The maximum atomic E-state index is 13.8. The SMILES string of the molecule is CC(C)(C)OC(=O)CC[C@@H](CO)NC(=O)c1cccc(CNC(=O)C2=C[C@H]3OC(C4CC4)(C4CC4)O[C@H]3[C@H](OC(=O)c3cccc(C=CCO[C@H]4O[C@H](CO)[C@H](O)[C@H](O)[C@H]4O)c3)C2)c1. The van der Waals surface area contributed by atoms with E-state index in [4.69, 9.17) is 28.4 Å². The molecular weight excluding hydrogens is 833 g/mol. The smallest absolute Gasteiger partial charge is 0.338 e. The molecule has 17 nitrogen and oxygen atoms in total. The van der Waals surface area contributed by atoms with Crippen LogP contribution in [0, 0.1) is 11.8 Å². The monoisotopic (exact) mass is 892 g/mol. The van der Waals surface area contributed by atoms with Crippen LogP contribution in [0.15, 0.2) is 66.3 Å². The summed E-state index contributed by atoms with van der Waals surface area (Å²) in [5, 5.41) is 55.3. The molecule has 2 aromatic rings. The van der Waals surface area contributed by atoms with Crippen molar-refractivity contribution < 1.29 is 73.1 Å². The minimum absolute atomic E-state index is 0.0220. The van der Waals surface area contributed by atoms with Crippen molar-refractivity contribution in [1.82, 2.24) is 10.6 Å². The van der Waals surface area contributed by atoms with E-state index in [0.717, 1.165) is 25.7 Å². The Bertz CT molecular complexity index is 2040. The Morgan fingerprint density at radius 3 is 2.31 bits per heavy atom. The molecule has 4 fully saturated rings. The Hall–Kier alpha value is -4.56. The van der Waals surface area contributed by atoms with Gasteiger partial charge in [-0.1, -0.05) is 36.4 Å².